The Morgan fingerprint density at radius 2 is 1.43 bits per heavy atom. The van der Waals surface area contributed by atoms with Gasteiger partial charge in [0.25, 0.3) is 0 Å². The van der Waals surface area contributed by atoms with Crippen molar-refractivity contribution in [3.63, 3.8) is 0 Å². The van der Waals surface area contributed by atoms with Crippen LogP contribution >= 0.6 is 0 Å². The second-order valence-corrected chi connectivity index (χ2v) is 1.02. The van der Waals surface area contributed by atoms with Crippen LogP contribution in [0.4, 0.5) is 0 Å². The van der Waals surface area contributed by atoms with Gasteiger partial charge in [-0.05, 0) is 12.1 Å². The van der Waals surface area contributed by atoms with Gasteiger partial charge in [-0.1, -0.05) is 6.07 Å². The second kappa shape index (κ2) is 4.11. The van der Waals surface area contributed by atoms with Gasteiger partial charge in [0, 0.05) is 12.4 Å². The van der Waals surface area contributed by atoms with E-state index in [0.29, 0.717) is 0 Å². The molecule has 0 aliphatic rings. The molecule has 0 aliphatic heterocycles. The predicted octanol–water partition coefficient (Wildman–Crippen LogP) is 0.165. The normalized spacial score (nSPS) is 6.86. The van der Waals surface area contributed by atoms with Crippen LogP contribution in [0.2, 0.25) is 0 Å². The smallest absolute Gasteiger partial charge is 0.0267 e. The number of pyridine rings is 1. The zero-order chi connectivity index (χ0) is 4.24. The molecule has 2 heteroatoms. The minimum absolute atomic E-state index is 0. The third kappa shape index (κ3) is 2.61. The van der Waals surface area contributed by atoms with Crippen LogP contribution in [0, 0.1) is 0 Å². The van der Waals surface area contributed by atoms with Crippen LogP contribution in [0.15, 0.2) is 30.6 Å². The Morgan fingerprint density at radius 1 is 0.857 bits per heavy atom. The van der Waals surface area contributed by atoms with E-state index in [2.05, 4.69) is 4.98 Å². The average molecular weight is 209 g/mol. The fourth-order valence-electron chi connectivity index (χ4n) is 0.313. The van der Waals surface area contributed by atoms with Crippen LogP contribution in [0.25, 0.3) is 0 Å². The molecule has 0 amide bonds. The minimum Gasteiger partial charge on any atom is -0.265 e. The van der Waals surface area contributed by atoms with E-state index in [4.69, 9.17) is 0 Å². The summed E-state index contributed by atoms with van der Waals surface area (Å²) in [5.74, 6) is 0. The van der Waals surface area contributed by atoms with Gasteiger partial charge in [-0.15, -0.1) is 0 Å². The molecule has 0 saturated carbocycles. The molecular weight excluding hydrogens is 202 g/mol. The summed E-state index contributed by atoms with van der Waals surface area (Å²) in [6.45, 7) is 0. The molecular formula is C5H7NTe. The van der Waals surface area contributed by atoms with E-state index in [1.165, 1.54) is 0 Å². The first-order valence-electron chi connectivity index (χ1n) is 1.85. The number of hydrogen-bond donors (Lipinski definition) is 0. The van der Waals surface area contributed by atoms with Crippen LogP contribution < -0.4 is 0 Å². The second-order valence-electron chi connectivity index (χ2n) is 1.02. The van der Waals surface area contributed by atoms with Gasteiger partial charge in [0.15, 0.2) is 0 Å². The largest absolute Gasteiger partial charge is 0.265 e. The van der Waals surface area contributed by atoms with Crippen molar-refractivity contribution in [2.75, 3.05) is 0 Å². The SMILES string of the molecule is [TeH2].c1ccncc1. The molecule has 0 spiro atoms. The molecule has 0 radical (unpaired) electrons. The number of rotatable bonds is 0. The molecule has 1 nitrogen and oxygen atoms in total. The number of hydrogen-bond acceptors (Lipinski definition) is 1. The molecule has 0 saturated heterocycles. The molecule has 0 bridgehead atoms. The van der Waals surface area contributed by atoms with Crippen LogP contribution in [-0.2, 0) is 0 Å². The van der Waals surface area contributed by atoms with Crippen molar-refractivity contribution >= 4 is 23.7 Å². The first-order chi connectivity index (χ1) is 3.00. The van der Waals surface area contributed by atoms with Gasteiger partial charge < -0.3 is 0 Å². The predicted molar refractivity (Wildman–Crippen MR) is 32.8 cm³/mol. The fourth-order valence-corrected chi connectivity index (χ4v) is 0.313. The first-order valence-corrected chi connectivity index (χ1v) is 1.85. The van der Waals surface area contributed by atoms with Gasteiger partial charge in [-0.3, -0.25) is 4.98 Å². The zero-order valence-electron chi connectivity index (χ0n) is 3.83. The third-order valence-electron chi connectivity index (χ3n) is 0.566. The Balaban J connectivity index is 0.000000360. The molecule has 0 unspecified atom stereocenters. The molecule has 0 aromatic carbocycles. The molecule has 1 aromatic heterocycles. The quantitative estimate of drug-likeness (QED) is 0.554. The monoisotopic (exact) mass is 211 g/mol. The van der Waals surface area contributed by atoms with E-state index < -0.39 is 0 Å². The van der Waals surface area contributed by atoms with Crippen molar-refractivity contribution in [1.29, 1.82) is 0 Å². The van der Waals surface area contributed by atoms with Crippen LogP contribution in [0.1, 0.15) is 0 Å². The Kier molecular flexibility index (Phi) is 4.07. The van der Waals surface area contributed by atoms with Crippen LogP contribution in [0.5, 0.6) is 0 Å². The van der Waals surface area contributed by atoms with E-state index >= 15 is 0 Å². The molecule has 0 fully saturated rings. The average Bonchev–Trinajstić information content (AvgIpc) is 1.72. The van der Waals surface area contributed by atoms with Crippen molar-refractivity contribution in [2.45, 2.75) is 0 Å². The van der Waals surface area contributed by atoms with Crippen molar-refractivity contribution < 1.29 is 0 Å². The van der Waals surface area contributed by atoms with E-state index in [1.54, 1.807) is 12.4 Å². The topological polar surface area (TPSA) is 12.9 Å². The van der Waals surface area contributed by atoms with Crippen molar-refractivity contribution in [3.8, 4) is 0 Å². The Hall–Kier alpha value is -0.0604. The van der Waals surface area contributed by atoms with E-state index in [0.717, 1.165) is 0 Å². The number of nitrogens with zero attached hydrogens (tertiary/aromatic N) is 1. The van der Waals surface area contributed by atoms with Crippen molar-refractivity contribution in [1.82, 2.24) is 4.98 Å². The molecule has 7 heavy (non-hydrogen) atoms. The summed E-state index contributed by atoms with van der Waals surface area (Å²) in [7, 11) is 0. The van der Waals surface area contributed by atoms with Crippen molar-refractivity contribution in [2.24, 2.45) is 0 Å². The molecule has 1 rings (SSSR count). The van der Waals surface area contributed by atoms with Crippen LogP contribution in [0.3, 0.4) is 0 Å². The number of aromatic nitrogens is 1. The first kappa shape index (κ1) is 6.94. The Labute approximate surface area is 59.5 Å². The molecule has 1 aromatic rings. The maximum absolute atomic E-state index is 3.78. The molecule has 0 N–H and O–H groups in total. The summed E-state index contributed by atoms with van der Waals surface area (Å²) in [5.41, 5.74) is 0. The van der Waals surface area contributed by atoms with Gasteiger partial charge in [0.05, 0.1) is 0 Å². The fraction of sp³-hybridized carbons (Fsp3) is 0. The summed E-state index contributed by atoms with van der Waals surface area (Å²) in [6, 6.07) is 5.72. The van der Waals surface area contributed by atoms with Gasteiger partial charge in [-0.25, -0.2) is 0 Å². The van der Waals surface area contributed by atoms with E-state index in [-0.39, 0.29) is 23.7 Å². The van der Waals surface area contributed by atoms with Gasteiger partial charge in [0.1, 0.15) is 0 Å². The van der Waals surface area contributed by atoms with E-state index in [1.807, 2.05) is 18.2 Å². The third-order valence-corrected chi connectivity index (χ3v) is 0.566. The van der Waals surface area contributed by atoms with Gasteiger partial charge in [-0.2, -0.15) is 0 Å². The maximum Gasteiger partial charge on any atom is 0.0267 e. The minimum atomic E-state index is 0. The Morgan fingerprint density at radius 3 is 1.57 bits per heavy atom. The molecule has 0 atom stereocenters. The summed E-state index contributed by atoms with van der Waals surface area (Å²) >= 11 is 0. The Bertz CT molecular complexity index is 80.0. The van der Waals surface area contributed by atoms with Gasteiger partial charge >= 0.3 is 23.7 Å². The zero-order valence-corrected chi connectivity index (χ0v) is 6.69. The maximum atomic E-state index is 3.78. The summed E-state index contributed by atoms with van der Waals surface area (Å²) in [4.78, 5) is 3.78. The summed E-state index contributed by atoms with van der Waals surface area (Å²) in [5, 5.41) is 0. The standard InChI is InChI=1S/C5H5N.H2Te/c1-2-4-6-5-3-1;/h1-5H;1H2. The molecule has 0 aliphatic carbocycles. The van der Waals surface area contributed by atoms with Crippen LogP contribution in [-0.4, -0.2) is 28.7 Å². The van der Waals surface area contributed by atoms with Gasteiger partial charge in [0.2, 0.25) is 0 Å². The molecule has 1 heterocycles. The molecule has 38 valence electrons. The summed E-state index contributed by atoms with van der Waals surface area (Å²) < 4.78 is 0. The van der Waals surface area contributed by atoms with E-state index in [9.17, 15) is 0 Å². The summed E-state index contributed by atoms with van der Waals surface area (Å²) in [6.07, 6.45) is 3.50. The van der Waals surface area contributed by atoms with Crippen molar-refractivity contribution in [3.05, 3.63) is 30.6 Å².